The summed E-state index contributed by atoms with van der Waals surface area (Å²) in [5, 5.41) is 0. The Morgan fingerprint density at radius 2 is 1.71 bits per heavy atom. The van der Waals surface area contributed by atoms with Crippen LogP contribution in [0.1, 0.15) is 22.8 Å². The third-order valence-corrected chi connectivity index (χ3v) is 4.43. The van der Waals surface area contributed by atoms with Crippen LogP contribution < -0.4 is 9.47 Å². The fourth-order valence-corrected chi connectivity index (χ4v) is 2.86. The summed E-state index contributed by atoms with van der Waals surface area (Å²) < 4.78 is 21.3. The number of hydrogen-bond acceptors (Lipinski definition) is 6. The van der Waals surface area contributed by atoms with Crippen LogP contribution in [0.2, 0.25) is 0 Å². The van der Waals surface area contributed by atoms with Gasteiger partial charge in [-0.25, -0.2) is 9.59 Å². The van der Waals surface area contributed by atoms with Gasteiger partial charge in [-0.2, -0.15) is 0 Å². The number of carbonyl (C=O) groups is 2. The molecule has 7 heteroatoms. The third kappa shape index (κ3) is 5.63. The Morgan fingerprint density at radius 3 is 2.32 bits per heavy atom. The molecule has 6 nitrogen and oxygen atoms in total. The molecule has 0 saturated carbocycles. The standard InChI is InChI=1S/C21H19IO6/c1-4-27-21(24)17(11-10-14-8-6-5-7-9-14)28-20(23)15-12-18(25-2)19(26-3)13-16(15)22/h5-9,12-13,17H,4H2,1-3H3. The Bertz CT molecular complexity index is 898. The molecule has 0 heterocycles. The summed E-state index contributed by atoms with van der Waals surface area (Å²) in [7, 11) is 2.97. The predicted molar refractivity (Wildman–Crippen MR) is 111 cm³/mol. The van der Waals surface area contributed by atoms with Crippen LogP contribution in [0.5, 0.6) is 11.5 Å². The number of halogens is 1. The van der Waals surface area contributed by atoms with Crippen LogP contribution in [-0.2, 0) is 14.3 Å². The smallest absolute Gasteiger partial charge is 0.360 e. The summed E-state index contributed by atoms with van der Waals surface area (Å²) in [6.45, 7) is 1.81. The average Bonchev–Trinajstić information content (AvgIpc) is 2.71. The van der Waals surface area contributed by atoms with Crippen molar-refractivity contribution in [3.05, 3.63) is 57.2 Å². The molecule has 0 aliphatic heterocycles. The first-order chi connectivity index (χ1) is 13.5. The molecule has 2 aromatic carbocycles. The minimum absolute atomic E-state index is 0.147. The van der Waals surface area contributed by atoms with Crippen LogP contribution >= 0.6 is 22.6 Å². The Hall–Kier alpha value is -2.73. The molecular weight excluding hydrogens is 475 g/mol. The number of rotatable bonds is 6. The minimum atomic E-state index is -1.35. The van der Waals surface area contributed by atoms with Gasteiger partial charge in [0.2, 0.25) is 0 Å². The van der Waals surface area contributed by atoms with Crippen molar-refractivity contribution in [2.45, 2.75) is 13.0 Å². The predicted octanol–water partition coefficient (Wildman–Crippen LogP) is 3.45. The second kappa shape index (κ2) is 10.6. The van der Waals surface area contributed by atoms with Gasteiger partial charge in [-0.1, -0.05) is 24.1 Å². The van der Waals surface area contributed by atoms with Gasteiger partial charge in [0.15, 0.2) is 11.5 Å². The Kier molecular flexibility index (Phi) is 8.14. The van der Waals surface area contributed by atoms with Crippen LogP contribution in [0.25, 0.3) is 0 Å². The summed E-state index contributed by atoms with van der Waals surface area (Å²) in [5.41, 5.74) is 0.919. The molecule has 0 aliphatic carbocycles. The fourth-order valence-electron chi connectivity index (χ4n) is 2.21. The van der Waals surface area contributed by atoms with Crippen LogP contribution in [0.4, 0.5) is 0 Å². The van der Waals surface area contributed by atoms with Gasteiger partial charge in [-0.3, -0.25) is 0 Å². The average molecular weight is 494 g/mol. The fraction of sp³-hybridized carbons (Fsp3) is 0.238. The molecule has 2 aromatic rings. The zero-order chi connectivity index (χ0) is 20.5. The maximum atomic E-state index is 12.7. The van der Waals surface area contributed by atoms with Crippen molar-refractivity contribution < 1.29 is 28.5 Å². The molecule has 0 aromatic heterocycles. The van der Waals surface area contributed by atoms with E-state index in [1.807, 2.05) is 40.8 Å². The Morgan fingerprint density at radius 1 is 1.07 bits per heavy atom. The molecule has 1 atom stereocenters. The molecule has 0 amide bonds. The van der Waals surface area contributed by atoms with Crippen LogP contribution in [-0.4, -0.2) is 38.9 Å². The van der Waals surface area contributed by atoms with Crippen LogP contribution in [0.15, 0.2) is 42.5 Å². The second-order valence-electron chi connectivity index (χ2n) is 5.36. The van der Waals surface area contributed by atoms with Crippen molar-refractivity contribution in [3.8, 4) is 23.3 Å². The largest absolute Gasteiger partial charge is 0.493 e. The highest BCUT2D eigenvalue weighted by Gasteiger charge is 2.25. The van der Waals surface area contributed by atoms with E-state index in [1.54, 1.807) is 25.1 Å². The van der Waals surface area contributed by atoms with E-state index in [2.05, 4.69) is 11.8 Å². The molecule has 0 radical (unpaired) electrons. The van der Waals surface area contributed by atoms with Crippen molar-refractivity contribution in [3.63, 3.8) is 0 Å². The molecule has 0 saturated heterocycles. The summed E-state index contributed by atoms with van der Waals surface area (Å²) in [5.74, 6) is 4.90. The highest BCUT2D eigenvalue weighted by Crippen LogP contribution is 2.31. The third-order valence-electron chi connectivity index (χ3n) is 3.54. The molecule has 146 valence electrons. The maximum absolute atomic E-state index is 12.7. The van der Waals surface area contributed by atoms with Crippen molar-refractivity contribution in [1.82, 2.24) is 0 Å². The Balaban J connectivity index is 2.30. The van der Waals surface area contributed by atoms with E-state index in [0.29, 0.717) is 20.6 Å². The van der Waals surface area contributed by atoms with Gasteiger partial charge < -0.3 is 18.9 Å². The molecule has 2 rings (SSSR count). The van der Waals surface area contributed by atoms with Gasteiger partial charge in [0.1, 0.15) is 0 Å². The van der Waals surface area contributed by atoms with Gasteiger partial charge in [-0.05, 0) is 59.7 Å². The van der Waals surface area contributed by atoms with Crippen molar-refractivity contribution >= 4 is 34.5 Å². The van der Waals surface area contributed by atoms with Crippen LogP contribution in [0.3, 0.4) is 0 Å². The normalized spacial score (nSPS) is 10.9. The first-order valence-electron chi connectivity index (χ1n) is 8.35. The highest BCUT2D eigenvalue weighted by atomic mass is 127. The minimum Gasteiger partial charge on any atom is -0.493 e. The van der Waals surface area contributed by atoms with E-state index in [0.717, 1.165) is 0 Å². The van der Waals surface area contributed by atoms with E-state index in [4.69, 9.17) is 18.9 Å². The van der Waals surface area contributed by atoms with Gasteiger partial charge >= 0.3 is 11.9 Å². The summed E-state index contributed by atoms with van der Waals surface area (Å²) in [4.78, 5) is 24.9. The first kappa shape index (κ1) is 21.6. The van der Waals surface area contributed by atoms with E-state index >= 15 is 0 Å². The maximum Gasteiger partial charge on any atom is 0.360 e. The SMILES string of the molecule is CCOC(=O)C(C#Cc1ccccc1)OC(=O)c1cc(OC)c(OC)cc1I. The number of ether oxygens (including phenoxy) is 4. The topological polar surface area (TPSA) is 71.1 Å². The van der Waals surface area contributed by atoms with Gasteiger partial charge in [0, 0.05) is 9.13 Å². The zero-order valence-electron chi connectivity index (χ0n) is 15.7. The first-order valence-corrected chi connectivity index (χ1v) is 9.43. The summed E-state index contributed by atoms with van der Waals surface area (Å²) in [6, 6.07) is 12.2. The second-order valence-corrected chi connectivity index (χ2v) is 6.52. The quantitative estimate of drug-likeness (QED) is 0.348. The van der Waals surface area contributed by atoms with Crippen LogP contribution in [0, 0.1) is 15.4 Å². The number of hydrogen-bond donors (Lipinski definition) is 0. The monoisotopic (exact) mass is 494 g/mol. The van der Waals surface area contributed by atoms with E-state index in [1.165, 1.54) is 20.3 Å². The molecule has 28 heavy (non-hydrogen) atoms. The summed E-state index contributed by atoms with van der Waals surface area (Å²) >= 11 is 1.98. The van der Waals surface area contributed by atoms with E-state index < -0.39 is 18.0 Å². The van der Waals surface area contributed by atoms with Gasteiger partial charge in [-0.15, -0.1) is 0 Å². The van der Waals surface area contributed by atoms with E-state index in [9.17, 15) is 9.59 Å². The molecule has 0 fully saturated rings. The lowest BCUT2D eigenvalue weighted by Crippen LogP contribution is -2.28. The van der Waals surface area contributed by atoms with Crippen molar-refractivity contribution in [2.24, 2.45) is 0 Å². The molecular formula is C21H19IO6. The molecule has 0 spiro atoms. The number of benzene rings is 2. The van der Waals surface area contributed by atoms with Gasteiger partial charge in [0.25, 0.3) is 6.10 Å². The highest BCUT2D eigenvalue weighted by molar-refractivity contribution is 14.1. The van der Waals surface area contributed by atoms with E-state index in [-0.39, 0.29) is 12.2 Å². The molecule has 1 unspecified atom stereocenters. The number of carbonyl (C=O) groups excluding carboxylic acids is 2. The van der Waals surface area contributed by atoms with Crippen molar-refractivity contribution in [2.75, 3.05) is 20.8 Å². The molecule has 0 N–H and O–H groups in total. The zero-order valence-corrected chi connectivity index (χ0v) is 17.8. The van der Waals surface area contributed by atoms with Crippen molar-refractivity contribution in [1.29, 1.82) is 0 Å². The number of methoxy groups -OCH3 is 2. The lowest BCUT2D eigenvalue weighted by Gasteiger charge is -2.14. The summed E-state index contributed by atoms with van der Waals surface area (Å²) in [6.07, 6.45) is -1.35. The lowest BCUT2D eigenvalue weighted by molar-refractivity contribution is -0.150. The number of esters is 2. The van der Waals surface area contributed by atoms with Gasteiger partial charge in [0.05, 0.1) is 26.4 Å². The lowest BCUT2D eigenvalue weighted by atomic mass is 10.2. The molecule has 0 aliphatic rings. The molecule has 0 bridgehead atoms. The Labute approximate surface area is 177 Å².